The van der Waals surface area contributed by atoms with Crippen molar-refractivity contribution in [3.63, 3.8) is 0 Å². The Hall–Kier alpha value is -3.31. The van der Waals surface area contributed by atoms with Crippen LogP contribution in [0.25, 0.3) is 0 Å². The molecule has 1 aliphatic rings. The van der Waals surface area contributed by atoms with Crippen LogP contribution in [-0.4, -0.2) is 38.8 Å². The van der Waals surface area contributed by atoms with E-state index in [4.69, 9.17) is 4.74 Å². The van der Waals surface area contributed by atoms with Gasteiger partial charge in [-0.25, -0.2) is 22.0 Å². The molecule has 11 heteroatoms. The van der Waals surface area contributed by atoms with Gasteiger partial charge in [0.1, 0.15) is 11.6 Å². The predicted molar refractivity (Wildman–Crippen MR) is 118 cm³/mol. The number of rotatable bonds is 5. The monoisotopic (exact) mass is 492 g/mol. The third-order valence-corrected chi connectivity index (χ3v) is 8.24. The van der Waals surface area contributed by atoms with Crippen molar-refractivity contribution in [1.82, 2.24) is 4.90 Å². The Bertz CT molecular complexity index is 1350. The van der Waals surface area contributed by atoms with Crippen molar-refractivity contribution in [3.05, 3.63) is 81.7 Å². The first-order valence-electron chi connectivity index (χ1n) is 9.76. The number of fused-ring (bicyclic) bond motifs is 1. The molecule has 7 nitrogen and oxygen atoms in total. The van der Waals surface area contributed by atoms with Crippen LogP contribution in [-0.2, 0) is 27.7 Å². The Kier molecular flexibility index (Phi) is 6.17. The van der Waals surface area contributed by atoms with E-state index in [1.165, 1.54) is 41.3 Å². The number of hydrogen-bond acceptors (Lipinski definition) is 6. The summed E-state index contributed by atoms with van der Waals surface area (Å²) in [7, 11) is -3.13. The van der Waals surface area contributed by atoms with Crippen molar-refractivity contribution in [1.29, 1.82) is 0 Å². The molecule has 0 atom stereocenters. The second-order valence-electron chi connectivity index (χ2n) is 7.23. The first-order valence-corrected chi connectivity index (χ1v) is 12.1. The summed E-state index contributed by atoms with van der Waals surface area (Å²) in [6, 6.07) is 10.5. The molecule has 0 saturated carbocycles. The maximum atomic E-state index is 14.1. The molecule has 2 heterocycles. The van der Waals surface area contributed by atoms with Gasteiger partial charge in [0.25, 0.3) is 15.9 Å². The van der Waals surface area contributed by atoms with Gasteiger partial charge in [-0.05, 0) is 42.3 Å². The number of thiophene rings is 1. The number of sulfonamides is 1. The first-order chi connectivity index (χ1) is 15.7. The summed E-state index contributed by atoms with van der Waals surface area (Å²) in [5, 5.41) is 0. The van der Waals surface area contributed by atoms with Crippen molar-refractivity contribution in [2.75, 3.05) is 18.4 Å². The summed E-state index contributed by atoms with van der Waals surface area (Å²) < 4.78 is 60.6. The fourth-order valence-electron chi connectivity index (χ4n) is 3.61. The largest absolute Gasteiger partial charge is 0.465 e. The molecule has 33 heavy (non-hydrogen) atoms. The number of carbonyl (C=O) groups excluding carboxylic acids is 2. The average Bonchev–Trinajstić information content (AvgIpc) is 3.18. The molecule has 0 fully saturated rings. The average molecular weight is 493 g/mol. The van der Waals surface area contributed by atoms with Crippen LogP contribution in [0.3, 0.4) is 0 Å². The Morgan fingerprint density at radius 1 is 1.12 bits per heavy atom. The van der Waals surface area contributed by atoms with Gasteiger partial charge in [0.15, 0.2) is 4.21 Å². The third-order valence-electron chi connectivity index (χ3n) is 5.13. The SMILES string of the molecule is COC(=O)c1c(S(=O)(=O)Nc2cccc(F)c2)sc2c1CCN(C(=O)c1ccccc1F)C2. The number of methoxy groups -OCH3 is 1. The highest BCUT2D eigenvalue weighted by Gasteiger charge is 2.35. The number of anilines is 1. The number of halogens is 2. The quantitative estimate of drug-likeness (QED) is 0.547. The maximum absolute atomic E-state index is 14.1. The van der Waals surface area contributed by atoms with Gasteiger partial charge in [0, 0.05) is 11.4 Å². The summed E-state index contributed by atoms with van der Waals surface area (Å²) >= 11 is 0.824. The van der Waals surface area contributed by atoms with Crippen LogP contribution in [0.1, 0.15) is 31.2 Å². The molecule has 1 aliphatic heterocycles. The van der Waals surface area contributed by atoms with Crippen molar-refractivity contribution < 1.29 is 31.5 Å². The lowest BCUT2D eigenvalue weighted by Gasteiger charge is -2.27. The van der Waals surface area contributed by atoms with Crippen LogP contribution < -0.4 is 4.72 Å². The molecule has 0 saturated heterocycles. The van der Waals surface area contributed by atoms with Crippen LogP contribution in [0, 0.1) is 11.6 Å². The van der Waals surface area contributed by atoms with Crippen LogP contribution in [0.15, 0.2) is 52.7 Å². The van der Waals surface area contributed by atoms with Crippen molar-refractivity contribution in [2.24, 2.45) is 0 Å². The number of esters is 1. The highest BCUT2D eigenvalue weighted by molar-refractivity contribution is 7.94. The summed E-state index contributed by atoms with van der Waals surface area (Å²) in [5.41, 5.74) is 0.253. The lowest BCUT2D eigenvalue weighted by atomic mass is 10.0. The van der Waals surface area contributed by atoms with Gasteiger partial charge in [0.05, 0.1) is 30.5 Å². The number of carbonyl (C=O) groups is 2. The summed E-state index contributed by atoms with van der Waals surface area (Å²) in [6.45, 7) is 0.171. The van der Waals surface area contributed by atoms with Gasteiger partial charge in [-0.15, -0.1) is 11.3 Å². The van der Waals surface area contributed by atoms with Gasteiger partial charge in [0.2, 0.25) is 0 Å². The normalized spacial score (nSPS) is 13.4. The molecule has 0 bridgehead atoms. The standard InChI is InChI=1S/C22H18F2N2O5S2/c1-31-21(28)19-16-9-10-26(20(27)15-7-2-3-8-17(15)24)12-18(16)32-22(19)33(29,30)25-14-6-4-5-13(23)11-14/h2-8,11,25H,9-10,12H2,1H3. The van der Waals surface area contributed by atoms with E-state index in [1.54, 1.807) is 6.07 Å². The molecule has 172 valence electrons. The molecule has 3 aromatic rings. The Labute approximate surface area is 192 Å². The Balaban J connectivity index is 1.71. The predicted octanol–water partition coefficient (Wildman–Crippen LogP) is 3.81. The van der Waals surface area contributed by atoms with E-state index >= 15 is 0 Å². The zero-order valence-electron chi connectivity index (χ0n) is 17.3. The van der Waals surface area contributed by atoms with Gasteiger partial charge in [-0.2, -0.15) is 0 Å². The number of ether oxygens (including phenoxy) is 1. The zero-order chi connectivity index (χ0) is 23.8. The minimum Gasteiger partial charge on any atom is -0.465 e. The van der Waals surface area contributed by atoms with Crippen LogP contribution in [0.2, 0.25) is 0 Å². The number of hydrogen-bond donors (Lipinski definition) is 1. The first kappa shape index (κ1) is 22.9. The Morgan fingerprint density at radius 2 is 1.88 bits per heavy atom. The molecule has 0 radical (unpaired) electrons. The smallest absolute Gasteiger partial charge is 0.340 e. The fraction of sp³-hybridized carbons (Fsp3) is 0.182. The second-order valence-corrected chi connectivity index (χ2v) is 10.2. The van der Waals surface area contributed by atoms with Crippen molar-refractivity contribution in [3.8, 4) is 0 Å². The van der Waals surface area contributed by atoms with E-state index < -0.39 is 33.5 Å². The molecule has 1 aromatic heterocycles. The van der Waals surface area contributed by atoms with Crippen molar-refractivity contribution >= 4 is 38.9 Å². The zero-order valence-corrected chi connectivity index (χ0v) is 18.9. The molecule has 0 unspecified atom stereocenters. The highest BCUT2D eigenvalue weighted by atomic mass is 32.2. The minimum absolute atomic E-state index is 0.00598. The molecule has 1 amide bonds. The molecule has 0 aliphatic carbocycles. The molecular weight excluding hydrogens is 474 g/mol. The number of nitrogens with one attached hydrogen (secondary N) is 1. The number of nitrogens with zero attached hydrogens (tertiary/aromatic N) is 1. The van der Waals surface area contributed by atoms with E-state index in [1.807, 2.05) is 0 Å². The lowest BCUT2D eigenvalue weighted by Crippen LogP contribution is -2.36. The number of benzene rings is 2. The van der Waals surface area contributed by atoms with E-state index in [9.17, 15) is 26.8 Å². The lowest BCUT2D eigenvalue weighted by molar-refractivity contribution is 0.0595. The van der Waals surface area contributed by atoms with E-state index in [0.717, 1.165) is 24.5 Å². The molecule has 2 aromatic carbocycles. The van der Waals surface area contributed by atoms with Crippen LogP contribution >= 0.6 is 11.3 Å². The summed E-state index contributed by atoms with van der Waals surface area (Å²) in [4.78, 5) is 27.2. The third kappa shape index (κ3) is 4.46. The van der Waals surface area contributed by atoms with Crippen LogP contribution in [0.4, 0.5) is 14.5 Å². The minimum atomic E-state index is -4.27. The van der Waals surface area contributed by atoms with E-state index in [2.05, 4.69) is 4.72 Å². The van der Waals surface area contributed by atoms with Crippen molar-refractivity contribution in [2.45, 2.75) is 17.2 Å². The highest BCUT2D eigenvalue weighted by Crippen LogP contribution is 2.38. The molecular formula is C22H18F2N2O5S2. The fourth-order valence-corrected chi connectivity index (χ4v) is 6.56. The van der Waals surface area contributed by atoms with Gasteiger partial charge < -0.3 is 9.64 Å². The number of amides is 1. The van der Waals surface area contributed by atoms with Crippen LogP contribution in [0.5, 0.6) is 0 Å². The van der Waals surface area contributed by atoms with Gasteiger partial charge >= 0.3 is 5.97 Å². The van der Waals surface area contributed by atoms with Gasteiger partial charge in [-0.1, -0.05) is 18.2 Å². The van der Waals surface area contributed by atoms with E-state index in [0.29, 0.717) is 10.4 Å². The second kappa shape index (κ2) is 8.91. The molecule has 0 spiro atoms. The summed E-state index contributed by atoms with van der Waals surface area (Å²) in [6.07, 6.45) is 0.186. The topological polar surface area (TPSA) is 92.8 Å². The Morgan fingerprint density at radius 3 is 2.58 bits per heavy atom. The maximum Gasteiger partial charge on any atom is 0.340 e. The van der Waals surface area contributed by atoms with E-state index in [-0.39, 0.29) is 40.5 Å². The molecule has 4 rings (SSSR count). The molecule has 1 N–H and O–H groups in total. The summed E-state index contributed by atoms with van der Waals surface area (Å²) in [5.74, 6) is -2.65. The van der Waals surface area contributed by atoms with Gasteiger partial charge in [-0.3, -0.25) is 9.52 Å².